The first-order valence-electron chi connectivity index (χ1n) is 25.7. The Bertz CT molecular complexity index is 1160. The molecule has 63 heavy (non-hydrogen) atoms. The van der Waals surface area contributed by atoms with Crippen LogP contribution in [-0.4, -0.2) is 86.3 Å². The van der Waals surface area contributed by atoms with E-state index < -0.39 is 60.4 Å². The predicted octanol–water partition coefficient (Wildman–Crippen LogP) is 12.3. The van der Waals surface area contributed by atoms with Gasteiger partial charge < -0.3 is 37.9 Å². The molecule has 0 amide bonds. The van der Waals surface area contributed by atoms with Crippen LogP contribution < -0.4 is 0 Å². The van der Waals surface area contributed by atoms with Crippen molar-refractivity contribution in [2.45, 2.75) is 283 Å². The Kier molecular flexibility index (Phi) is 32.4. The molecule has 2 aliphatic rings. The van der Waals surface area contributed by atoms with E-state index in [1.807, 2.05) is 0 Å². The fourth-order valence-corrected chi connectivity index (χ4v) is 8.96. The van der Waals surface area contributed by atoms with E-state index in [1.54, 1.807) is 0 Å². The second-order valence-electron chi connectivity index (χ2n) is 18.4. The molecule has 2 saturated heterocycles. The number of carbonyl (C=O) groups is 4. The summed E-state index contributed by atoms with van der Waals surface area (Å²) in [5.41, 5.74) is 0. The molecule has 2 rings (SSSR count). The van der Waals surface area contributed by atoms with Crippen molar-refractivity contribution in [3.63, 3.8) is 0 Å². The van der Waals surface area contributed by atoms with Gasteiger partial charge in [-0.05, 0) is 19.3 Å². The van der Waals surface area contributed by atoms with Gasteiger partial charge in [-0.2, -0.15) is 0 Å². The molecule has 0 aromatic carbocycles. The highest BCUT2D eigenvalue weighted by molar-refractivity contribution is 5.68. The molecule has 2 aliphatic heterocycles. The van der Waals surface area contributed by atoms with Crippen molar-refractivity contribution in [2.75, 3.05) is 19.8 Å². The minimum Gasteiger partial charge on any atom is -0.463 e. The first-order chi connectivity index (χ1) is 30.5. The van der Waals surface area contributed by atoms with E-state index in [-0.39, 0.29) is 19.3 Å². The Morgan fingerprint density at radius 3 is 1.27 bits per heavy atom. The zero-order valence-corrected chi connectivity index (χ0v) is 40.9. The molecule has 0 aromatic rings. The zero-order chi connectivity index (χ0) is 46.0. The van der Waals surface area contributed by atoms with E-state index in [1.165, 1.54) is 195 Å². The normalized spacial score (nSPS) is 21.9. The van der Waals surface area contributed by atoms with Crippen LogP contribution in [0.15, 0.2) is 0 Å². The molecule has 0 bridgehead atoms. The third kappa shape index (κ3) is 27.1. The number of hydrogen-bond donors (Lipinski definition) is 0. The first kappa shape index (κ1) is 56.8. The van der Waals surface area contributed by atoms with Crippen LogP contribution in [0.2, 0.25) is 0 Å². The highest BCUT2D eigenvalue weighted by atomic mass is 16.8. The summed E-state index contributed by atoms with van der Waals surface area (Å²) in [7, 11) is 0. The van der Waals surface area contributed by atoms with Crippen molar-refractivity contribution >= 4 is 23.9 Å². The molecule has 0 saturated carbocycles. The van der Waals surface area contributed by atoms with Gasteiger partial charge in [-0.3, -0.25) is 19.2 Å². The van der Waals surface area contributed by atoms with Crippen molar-refractivity contribution in [2.24, 2.45) is 0 Å². The Balaban J connectivity index is 1.92. The van der Waals surface area contributed by atoms with Gasteiger partial charge >= 0.3 is 23.9 Å². The third-order valence-corrected chi connectivity index (χ3v) is 12.4. The largest absolute Gasteiger partial charge is 0.463 e. The number of ether oxygens (including phenoxy) is 8. The van der Waals surface area contributed by atoms with Crippen molar-refractivity contribution in [1.82, 2.24) is 0 Å². The topological polar surface area (TPSA) is 142 Å². The van der Waals surface area contributed by atoms with E-state index in [2.05, 4.69) is 13.8 Å². The molecule has 12 heteroatoms. The lowest BCUT2D eigenvalue weighted by molar-refractivity contribution is -0.308. The van der Waals surface area contributed by atoms with Crippen molar-refractivity contribution in [1.29, 1.82) is 0 Å². The lowest BCUT2D eigenvalue weighted by Crippen LogP contribution is -2.63. The van der Waals surface area contributed by atoms with Crippen LogP contribution >= 0.6 is 0 Å². The number of esters is 4. The quantitative estimate of drug-likeness (QED) is 0.0329. The third-order valence-electron chi connectivity index (χ3n) is 12.4. The van der Waals surface area contributed by atoms with Gasteiger partial charge in [-0.25, -0.2) is 0 Å². The molecule has 0 spiro atoms. The van der Waals surface area contributed by atoms with Crippen molar-refractivity contribution in [3.8, 4) is 0 Å². The van der Waals surface area contributed by atoms with Gasteiger partial charge in [0, 0.05) is 40.5 Å². The van der Waals surface area contributed by atoms with Gasteiger partial charge in [0.05, 0.1) is 19.3 Å². The summed E-state index contributed by atoms with van der Waals surface area (Å²) in [6, 6.07) is 0. The average molecular weight is 897 g/mol. The monoisotopic (exact) mass is 897 g/mol. The summed E-state index contributed by atoms with van der Waals surface area (Å²) in [4.78, 5) is 48.3. The molecule has 0 aromatic heterocycles. The molecule has 0 radical (unpaired) electrons. The Hall–Kier alpha value is -2.28. The first-order valence-corrected chi connectivity index (χ1v) is 25.7. The van der Waals surface area contributed by atoms with E-state index in [9.17, 15) is 19.2 Å². The summed E-state index contributed by atoms with van der Waals surface area (Å²) in [6.45, 7) is 9.68. The van der Waals surface area contributed by atoms with Crippen LogP contribution in [0, 0.1) is 0 Å². The average Bonchev–Trinajstić information content (AvgIpc) is 3.64. The van der Waals surface area contributed by atoms with Crippen LogP contribution in [0.1, 0.15) is 241 Å². The summed E-state index contributed by atoms with van der Waals surface area (Å²) >= 11 is 0. The van der Waals surface area contributed by atoms with Crippen LogP contribution in [0.4, 0.5) is 0 Å². The number of rotatable bonds is 39. The van der Waals surface area contributed by atoms with Gasteiger partial charge in [-0.15, -0.1) is 0 Å². The summed E-state index contributed by atoms with van der Waals surface area (Å²) in [5, 5.41) is 0. The fraction of sp³-hybridized carbons (Fsp3) is 0.922. The van der Waals surface area contributed by atoms with Crippen LogP contribution in [0.3, 0.4) is 0 Å². The predicted molar refractivity (Wildman–Crippen MR) is 246 cm³/mol. The lowest BCUT2D eigenvalue weighted by Gasteiger charge is -2.44. The Morgan fingerprint density at radius 2 is 0.873 bits per heavy atom. The molecule has 2 fully saturated rings. The van der Waals surface area contributed by atoms with Gasteiger partial charge in [0.25, 0.3) is 0 Å². The van der Waals surface area contributed by atoms with Crippen LogP contribution in [0.25, 0.3) is 0 Å². The number of unbranched alkanes of at least 4 members (excludes halogenated alkanes) is 26. The highest BCUT2D eigenvalue weighted by Gasteiger charge is 2.53. The number of carbonyl (C=O) groups excluding carboxylic acids is 4. The van der Waals surface area contributed by atoms with Crippen molar-refractivity contribution in [3.05, 3.63) is 0 Å². The van der Waals surface area contributed by atoms with Crippen LogP contribution in [-0.2, 0) is 57.1 Å². The molecule has 0 aliphatic carbocycles. The van der Waals surface area contributed by atoms with Gasteiger partial charge in [0.15, 0.2) is 30.4 Å². The van der Waals surface area contributed by atoms with Gasteiger partial charge in [0.2, 0.25) is 0 Å². The summed E-state index contributed by atoms with van der Waals surface area (Å²) in [5.74, 6) is -3.23. The standard InChI is InChI=1S/C51H92O12/c1-7-9-11-13-15-17-19-21-23-25-27-29-31-33-36-51(37-34-32-30-28-26-24-22-20-18-16-14-12-10-8-2)58-39-45(63-51)35-38-56-50-49(61-44(6)55)48(60-43(5)54)47(59-42(4)53)46(62-50)40-57-41(3)52/h45-50H,7-40H2,1-6H3/t45-,46+,47+,48-,49+,50+/m0/s1. The summed E-state index contributed by atoms with van der Waals surface area (Å²) < 4.78 is 47.5. The maximum atomic E-state index is 12.3. The summed E-state index contributed by atoms with van der Waals surface area (Å²) in [6.07, 6.45) is 32.7. The second-order valence-corrected chi connectivity index (χ2v) is 18.4. The van der Waals surface area contributed by atoms with E-state index in [0.717, 1.165) is 25.7 Å². The zero-order valence-electron chi connectivity index (χ0n) is 40.9. The smallest absolute Gasteiger partial charge is 0.303 e. The molecule has 0 N–H and O–H groups in total. The lowest BCUT2D eigenvalue weighted by atomic mass is 9.98. The van der Waals surface area contributed by atoms with E-state index >= 15 is 0 Å². The van der Waals surface area contributed by atoms with Crippen LogP contribution in [0.5, 0.6) is 0 Å². The molecule has 2 heterocycles. The Labute approximate surface area is 383 Å². The van der Waals surface area contributed by atoms with Gasteiger partial charge in [-0.1, -0.05) is 181 Å². The SMILES string of the molecule is CCCCCCCCCCCCCCCCC1(CCCCCCCCCCCCCCCC)OC[C@H](CCO[C@@H]2O[C@H](COC(C)=O)[C@@H](OC(C)=O)[C@H](OC(C)=O)[C@H]2OC(C)=O)O1. The van der Waals surface area contributed by atoms with E-state index in [4.69, 9.17) is 37.9 Å². The molecule has 0 unspecified atom stereocenters. The highest BCUT2D eigenvalue weighted by Crippen LogP contribution is 2.36. The van der Waals surface area contributed by atoms with Gasteiger partial charge in [0.1, 0.15) is 12.7 Å². The maximum Gasteiger partial charge on any atom is 0.303 e. The maximum absolute atomic E-state index is 12.3. The molecule has 368 valence electrons. The molecular weight excluding hydrogens is 805 g/mol. The molecule has 6 atom stereocenters. The minimum atomic E-state index is -1.27. The molecule has 12 nitrogen and oxygen atoms in total. The molecular formula is C51H92O12. The Morgan fingerprint density at radius 1 is 0.492 bits per heavy atom. The second kappa shape index (κ2) is 35.9. The van der Waals surface area contributed by atoms with E-state index in [0.29, 0.717) is 13.0 Å². The number of hydrogen-bond acceptors (Lipinski definition) is 12. The fourth-order valence-electron chi connectivity index (χ4n) is 8.96. The minimum absolute atomic E-state index is 0.148. The van der Waals surface area contributed by atoms with Crippen molar-refractivity contribution < 1.29 is 57.1 Å².